The predicted octanol–water partition coefficient (Wildman–Crippen LogP) is 0.813. The number of methoxy groups -OCH3 is 1. The SMILES string of the molecule is COCCN(CCCC(=N)N)C1CC1. The van der Waals surface area contributed by atoms with Crippen LogP contribution in [0.5, 0.6) is 0 Å². The number of nitrogens with zero attached hydrogens (tertiary/aromatic N) is 1. The van der Waals surface area contributed by atoms with Gasteiger partial charge in [-0.3, -0.25) is 10.3 Å². The number of hydrogen-bond donors (Lipinski definition) is 2. The first-order valence-electron chi connectivity index (χ1n) is 5.30. The van der Waals surface area contributed by atoms with Gasteiger partial charge in [0.05, 0.1) is 12.4 Å². The van der Waals surface area contributed by atoms with Crippen LogP contribution in [-0.4, -0.2) is 43.6 Å². The number of amidine groups is 1. The van der Waals surface area contributed by atoms with Gasteiger partial charge in [-0.1, -0.05) is 0 Å². The minimum Gasteiger partial charge on any atom is -0.388 e. The van der Waals surface area contributed by atoms with E-state index in [0.717, 1.165) is 38.6 Å². The van der Waals surface area contributed by atoms with Gasteiger partial charge in [-0.05, 0) is 25.8 Å². The highest BCUT2D eigenvalue weighted by Crippen LogP contribution is 2.26. The van der Waals surface area contributed by atoms with Gasteiger partial charge in [-0.15, -0.1) is 0 Å². The maximum atomic E-state index is 7.13. The molecule has 0 bridgehead atoms. The Morgan fingerprint density at radius 3 is 2.71 bits per heavy atom. The third kappa shape index (κ3) is 4.58. The fourth-order valence-corrected chi connectivity index (χ4v) is 1.60. The van der Waals surface area contributed by atoms with E-state index >= 15 is 0 Å². The van der Waals surface area contributed by atoms with Gasteiger partial charge in [0.1, 0.15) is 0 Å². The molecule has 0 radical (unpaired) electrons. The quantitative estimate of drug-likeness (QED) is 0.449. The summed E-state index contributed by atoms with van der Waals surface area (Å²) in [6.07, 6.45) is 4.36. The first-order valence-corrected chi connectivity index (χ1v) is 5.30. The van der Waals surface area contributed by atoms with Crippen LogP contribution in [0.2, 0.25) is 0 Å². The molecule has 1 aliphatic carbocycles. The Morgan fingerprint density at radius 2 is 2.21 bits per heavy atom. The van der Waals surface area contributed by atoms with Gasteiger partial charge in [0.2, 0.25) is 0 Å². The Labute approximate surface area is 85.9 Å². The zero-order valence-corrected chi connectivity index (χ0v) is 8.96. The lowest BCUT2D eigenvalue weighted by molar-refractivity contribution is 0.143. The van der Waals surface area contributed by atoms with E-state index in [-0.39, 0.29) is 0 Å². The van der Waals surface area contributed by atoms with Gasteiger partial charge in [0.25, 0.3) is 0 Å². The van der Waals surface area contributed by atoms with Crippen LogP contribution < -0.4 is 5.73 Å². The van der Waals surface area contributed by atoms with Gasteiger partial charge in [0, 0.05) is 26.1 Å². The minimum absolute atomic E-state index is 0.299. The molecular weight excluding hydrogens is 178 g/mol. The molecule has 0 aliphatic heterocycles. The summed E-state index contributed by atoms with van der Waals surface area (Å²) in [5, 5.41) is 7.13. The van der Waals surface area contributed by atoms with Crippen molar-refractivity contribution in [3.05, 3.63) is 0 Å². The highest BCUT2D eigenvalue weighted by Gasteiger charge is 2.27. The Morgan fingerprint density at radius 1 is 1.50 bits per heavy atom. The molecule has 1 fully saturated rings. The summed E-state index contributed by atoms with van der Waals surface area (Å²) < 4.78 is 5.07. The van der Waals surface area contributed by atoms with Crippen molar-refractivity contribution in [3.63, 3.8) is 0 Å². The fraction of sp³-hybridized carbons (Fsp3) is 0.900. The lowest BCUT2D eigenvalue weighted by atomic mass is 10.2. The monoisotopic (exact) mass is 199 g/mol. The Bertz CT molecular complexity index is 180. The lowest BCUT2D eigenvalue weighted by Gasteiger charge is -2.21. The van der Waals surface area contributed by atoms with Crippen molar-refractivity contribution in [2.75, 3.05) is 26.8 Å². The molecule has 0 spiro atoms. The van der Waals surface area contributed by atoms with E-state index in [0.29, 0.717) is 5.84 Å². The van der Waals surface area contributed by atoms with Crippen molar-refractivity contribution in [2.45, 2.75) is 31.7 Å². The number of nitrogens with one attached hydrogen (secondary N) is 1. The number of ether oxygens (including phenoxy) is 1. The molecule has 0 unspecified atom stereocenters. The molecule has 0 heterocycles. The van der Waals surface area contributed by atoms with Crippen molar-refractivity contribution in [2.24, 2.45) is 5.73 Å². The molecule has 0 amide bonds. The molecular formula is C10H21N3O. The Kier molecular flexibility index (Phi) is 4.90. The third-order valence-corrected chi connectivity index (χ3v) is 2.54. The molecule has 0 aromatic heterocycles. The second kappa shape index (κ2) is 5.98. The Balaban J connectivity index is 2.11. The summed E-state index contributed by atoms with van der Waals surface area (Å²) in [5.41, 5.74) is 5.31. The summed E-state index contributed by atoms with van der Waals surface area (Å²) in [7, 11) is 1.74. The van der Waals surface area contributed by atoms with Crippen LogP contribution in [0.1, 0.15) is 25.7 Å². The van der Waals surface area contributed by atoms with Gasteiger partial charge in [0.15, 0.2) is 0 Å². The maximum Gasteiger partial charge on any atom is 0.0905 e. The maximum absolute atomic E-state index is 7.13. The molecule has 1 saturated carbocycles. The van der Waals surface area contributed by atoms with Gasteiger partial charge >= 0.3 is 0 Å². The average molecular weight is 199 g/mol. The van der Waals surface area contributed by atoms with E-state index in [1.807, 2.05) is 0 Å². The smallest absolute Gasteiger partial charge is 0.0905 e. The molecule has 0 atom stereocenters. The standard InChI is InChI=1S/C10H21N3O/c1-14-8-7-13(9-4-5-9)6-2-3-10(11)12/h9H,2-8H2,1H3,(H3,11,12). The summed E-state index contributed by atoms with van der Waals surface area (Å²) in [6, 6.07) is 0.775. The molecule has 4 nitrogen and oxygen atoms in total. The lowest BCUT2D eigenvalue weighted by Crippen LogP contribution is -2.31. The third-order valence-electron chi connectivity index (χ3n) is 2.54. The van der Waals surface area contributed by atoms with Crippen molar-refractivity contribution in [3.8, 4) is 0 Å². The summed E-state index contributed by atoms with van der Waals surface area (Å²) in [6.45, 7) is 2.86. The second-order valence-corrected chi connectivity index (χ2v) is 3.89. The first kappa shape index (κ1) is 11.5. The molecule has 3 N–H and O–H groups in total. The van der Waals surface area contributed by atoms with Crippen molar-refractivity contribution in [1.29, 1.82) is 5.41 Å². The molecule has 0 aromatic carbocycles. The molecule has 1 rings (SSSR count). The molecule has 14 heavy (non-hydrogen) atoms. The van der Waals surface area contributed by atoms with Crippen molar-refractivity contribution < 1.29 is 4.74 Å². The number of hydrogen-bond acceptors (Lipinski definition) is 3. The fourth-order valence-electron chi connectivity index (χ4n) is 1.60. The summed E-state index contributed by atoms with van der Waals surface area (Å²) in [4.78, 5) is 2.45. The number of nitrogens with two attached hydrogens (primary N) is 1. The van der Waals surface area contributed by atoms with Crippen LogP contribution in [0.25, 0.3) is 0 Å². The van der Waals surface area contributed by atoms with Crippen LogP contribution in [0, 0.1) is 5.41 Å². The van der Waals surface area contributed by atoms with E-state index in [1.165, 1.54) is 12.8 Å². The van der Waals surface area contributed by atoms with Crippen molar-refractivity contribution >= 4 is 5.84 Å². The van der Waals surface area contributed by atoms with E-state index in [1.54, 1.807) is 7.11 Å². The van der Waals surface area contributed by atoms with Crippen LogP contribution in [0.4, 0.5) is 0 Å². The predicted molar refractivity (Wildman–Crippen MR) is 57.6 cm³/mol. The van der Waals surface area contributed by atoms with Crippen LogP contribution in [0.3, 0.4) is 0 Å². The topological polar surface area (TPSA) is 62.3 Å². The zero-order valence-electron chi connectivity index (χ0n) is 8.96. The number of rotatable bonds is 8. The largest absolute Gasteiger partial charge is 0.388 e. The van der Waals surface area contributed by atoms with Gasteiger partial charge < -0.3 is 10.5 Å². The van der Waals surface area contributed by atoms with Gasteiger partial charge in [-0.25, -0.2) is 0 Å². The molecule has 4 heteroatoms. The highest BCUT2D eigenvalue weighted by molar-refractivity contribution is 5.76. The van der Waals surface area contributed by atoms with E-state index < -0.39 is 0 Å². The molecule has 82 valence electrons. The van der Waals surface area contributed by atoms with E-state index in [9.17, 15) is 0 Å². The summed E-state index contributed by atoms with van der Waals surface area (Å²) in [5.74, 6) is 0.299. The van der Waals surface area contributed by atoms with Crippen LogP contribution in [0.15, 0.2) is 0 Å². The Hall–Kier alpha value is -0.610. The van der Waals surface area contributed by atoms with E-state index in [2.05, 4.69) is 4.90 Å². The summed E-state index contributed by atoms with van der Waals surface area (Å²) >= 11 is 0. The molecule has 1 aliphatic rings. The highest BCUT2D eigenvalue weighted by atomic mass is 16.5. The second-order valence-electron chi connectivity index (χ2n) is 3.89. The average Bonchev–Trinajstić information content (AvgIpc) is 2.93. The van der Waals surface area contributed by atoms with E-state index in [4.69, 9.17) is 15.9 Å². The van der Waals surface area contributed by atoms with Crippen LogP contribution in [-0.2, 0) is 4.74 Å². The first-order chi connectivity index (χ1) is 6.74. The molecule has 0 aromatic rings. The zero-order chi connectivity index (χ0) is 10.4. The van der Waals surface area contributed by atoms with Gasteiger partial charge in [-0.2, -0.15) is 0 Å². The minimum atomic E-state index is 0.299. The van der Waals surface area contributed by atoms with Crippen LogP contribution >= 0.6 is 0 Å². The van der Waals surface area contributed by atoms with Crippen molar-refractivity contribution in [1.82, 2.24) is 4.90 Å². The normalized spacial score (nSPS) is 16.1. The molecule has 0 saturated heterocycles.